The summed E-state index contributed by atoms with van der Waals surface area (Å²) >= 11 is 12.5. The molecule has 3 aliphatic rings. The minimum atomic E-state index is -0.942. The summed E-state index contributed by atoms with van der Waals surface area (Å²) in [5.74, 6) is -0.234. The molecule has 1 aromatic carbocycles. The van der Waals surface area contributed by atoms with E-state index < -0.39 is 18.1 Å². The number of aliphatic carboxylic acids is 1. The molecule has 4 nitrogen and oxygen atoms in total. The lowest BCUT2D eigenvalue weighted by molar-refractivity contribution is -0.140. The van der Waals surface area contributed by atoms with Gasteiger partial charge in [0.1, 0.15) is 11.9 Å². The average Bonchev–Trinajstić information content (AvgIpc) is 2.84. The Bertz CT molecular complexity index is 784. The maximum atomic E-state index is 11.7. The number of fused-ring (bicyclic) bond motifs is 4. The number of rotatable bonds is 1. The highest BCUT2D eigenvalue weighted by Gasteiger charge is 2.49. The maximum absolute atomic E-state index is 11.7. The lowest BCUT2D eigenvalue weighted by Crippen LogP contribution is -2.47. The van der Waals surface area contributed by atoms with Crippen LogP contribution in [0.5, 0.6) is 0 Å². The van der Waals surface area contributed by atoms with Gasteiger partial charge in [0.2, 0.25) is 0 Å². The van der Waals surface area contributed by atoms with Crippen LogP contribution in [0.1, 0.15) is 31.2 Å². The van der Waals surface area contributed by atoms with Crippen LogP contribution < -0.4 is 5.32 Å². The van der Waals surface area contributed by atoms with Gasteiger partial charge in [0.05, 0.1) is 5.92 Å². The minimum Gasteiger partial charge on any atom is -0.491 e. The van der Waals surface area contributed by atoms with Crippen LogP contribution in [0.3, 0.4) is 0 Å². The fourth-order valence-electron chi connectivity index (χ4n) is 3.73. The smallest absolute Gasteiger partial charge is 0.330 e. The van der Waals surface area contributed by atoms with Crippen molar-refractivity contribution in [3.63, 3.8) is 0 Å². The monoisotopic (exact) mass is 351 g/mol. The third-order valence-corrected chi connectivity index (χ3v) is 5.25. The highest BCUT2D eigenvalue weighted by molar-refractivity contribution is 6.35. The van der Waals surface area contributed by atoms with Crippen LogP contribution in [-0.2, 0) is 9.53 Å². The predicted molar refractivity (Wildman–Crippen MR) is 89.1 cm³/mol. The molecule has 1 aromatic rings. The zero-order valence-electron chi connectivity index (χ0n) is 12.4. The number of hydrogen-bond acceptors (Lipinski definition) is 3. The van der Waals surface area contributed by atoms with Gasteiger partial charge in [-0.25, -0.2) is 4.79 Å². The van der Waals surface area contributed by atoms with Crippen molar-refractivity contribution in [2.45, 2.75) is 37.8 Å². The molecule has 4 rings (SSSR count). The van der Waals surface area contributed by atoms with E-state index in [4.69, 9.17) is 27.9 Å². The molecule has 2 heterocycles. The summed E-state index contributed by atoms with van der Waals surface area (Å²) < 4.78 is 6.03. The van der Waals surface area contributed by atoms with E-state index in [1.807, 2.05) is 0 Å². The lowest BCUT2D eigenvalue weighted by atomic mass is 9.78. The first-order valence-electron chi connectivity index (χ1n) is 7.51. The van der Waals surface area contributed by atoms with Crippen LogP contribution in [0, 0.1) is 0 Å². The van der Waals surface area contributed by atoms with Crippen LogP contribution in [0.2, 0.25) is 10.0 Å². The van der Waals surface area contributed by atoms with Gasteiger partial charge in [-0.05, 0) is 25.5 Å². The molecule has 0 amide bonds. The fourth-order valence-corrected chi connectivity index (χ4v) is 4.34. The van der Waals surface area contributed by atoms with Crippen molar-refractivity contribution in [1.82, 2.24) is 0 Å². The second-order valence-electron chi connectivity index (χ2n) is 6.24. The zero-order chi connectivity index (χ0) is 16.3. The Morgan fingerprint density at radius 1 is 1.35 bits per heavy atom. The lowest BCUT2D eigenvalue weighted by Gasteiger charge is -2.35. The summed E-state index contributed by atoms with van der Waals surface area (Å²) in [4.78, 5) is 11.7. The van der Waals surface area contributed by atoms with Crippen LogP contribution in [0.4, 0.5) is 5.69 Å². The largest absolute Gasteiger partial charge is 0.491 e. The van der Waals surface area contributed by atoms with E-state index in [1.165, 1.54) is 5.57 Å². The first-order valence-corrected chi connectivity index (χ1v) is 8.26. The van der Waals surface area contributed by atoms with Crippen LogP contribution in [-0.4, -0.2) is 23.2 Å². The molecule has 0 bridgehead atoms. The molecular weight excluding hydrogens is 337 g/mol. The van der Waals surface area contributed by atoms with Crippen molar-refractivity contribution < 1.29 is 14.6 Å². The van der Waals surface area contributed by atoms with Crippen LogP contribution >= 0.6 is 23.2 Å². The predicted octanol–water partition coefficient (Wildman–Crippen LogP) is 4.35. The molecular formula is C17H15Cl2NO3. The van der Waals surface area contributed by atoms with Gasteiger partial charge in [-0.1, -0.05) is 34.9 Å². The molecule has 6 heteroatoms. The van der Waals surface area contributed by atoms with Crippen molar-refractivity contribution >= 4 is 34.9 Å². The molecule has 23 heavy (non-hydrogen) atoms. The van der Waals surface area contributed by atoms with Crippen molar-refractivity contribution in [1.29, 1.82) is 0 Å². The van der Waals surface area contributed by atoms with E-state index in [2.05, 4.69) is 18.3 Å². The first-order chi connectivity index (χ1) is 11.0. The number of halogens is 2. The molecule has 120 valence electrons. The van der Waals surface area contributed by atoms with E-state index >= 15 is 0 Å². The Labute approximate surface area is 143 Å². The Morgan fingerprint density at radius 3 is 2.87 bits per heavy atom. The molecule has 2 N–H and O–H groups in total. The molecule has 0 radical (unpaired) electrons. The van der Waals surface area contributed by atoms with Gasteiger partial charge in [0.15, 0.2) is 6.04 Å². The number of allylic oxidation sites excluding steroid dienone is 3. The molecule has 0 spiro atoms. The third kappa shape index (κ3) is 2.24. The number of anilines is 1. The van der Waals surface area contributed by atoms with Gasteiger partial charge in [-0.2, -0.15) is 0 Å². The van der Waals surface area contributed by atoms with Gasteiger partial charge in [-0.15, -0.1) is 0 Å². The van der Waals surface area contributed by atoms with Crippen LogP contribution in [0.25, 0.3) is 0 Å². The zero-order valence-corrected chi connectivity index (χ0v) is 13.9. The highest BCUT2D eigenvalue weighted by atomic mass is 35.5. The Hall–Kier alpha value is -1.65. The summed E-state index contributed by atoms with van der Waals surface area (Å²) in [5.41, 5.74) is 3.86. The Balaban J connectivity index is 1.91. The van der Waals surface area contributed by atoms with Gasteiger partial charge < -0.3 is 15.2 Å². The molecule has 2 aliphatic heterocycles. The SMILES string of the molecule is CC1=CC2=C(CC1)OC1C(C(=O)O)Nc3cc(Cl)cc(Cl)c3C21. The standard InChI is InChI=1S/C17H15Cl2NO3/c1-7-2-3-12-9(4-7)13-14-10(19)5-8(18)6-11(14)20-15(17(21)22)16(13)23-12/h4-6,13,15-16,20H,2-3H2,1H3,(H,21,22). The molecule has 3 unspecified atom stereocenters. The summed E-state index contributed by atoms with van der Waals surface area (Å²) in [7, 11) is 0. The fraction of sp³-hybridized carbons (Fsp3) is 0.353. The van der Waals surface area contributed by atoms with Gasteiger partial charge >= 0.3 is 5.97 Å². The summed E-state index contributed by atoms with van der Waals surface area (Å²) in [5, 5.41) is 13.6. The topological polar surface area (TPSA) is 58.6 Å². The Morgan fingerprint density at radius 2 is 2.13 bits per heavy atom. The summed E-state index contributed by atoms with van der Waals surface area (Å²) in [6, 6.07) is 2.59. The van der Waals surface area contributed by atoms with Gasteiger partial charge in [-0.3, -0.25) is 0 Å². The molecule has 0 saturated heterocycles. The van der Waals surface area contributed by atoms with E-state index in [9.17, 15) is 9.90 Å². The van der Waals surface area contributed by atoms with Crippen molar-refractivity contribution in [2.75, 3.05) is 5.32 Å². The number of carboxylic acid groups (broad SMARTS) is 1. The van der Waals surface area contributed by atoms with Crippen molar-refractivity contribution in [3.05, 3.63) is 50.7 Å². The van der Waals surface area contributed by atoms with Crippen molar-refractivity contribution in [3.8, 4) is 0 Å². The molecule has 1 aliphatic carbocycles. The van der Waals surface area contributed by atoms with E-state index in [-0.39, 0.29) is 5.92 Å². The highest BCUT2D eigenvalue weighted by Crippen LogP contribution is 2.52. The third-order valence-electron chi connectivity index (χ3n) is 4.72. The molecule has 0 aromatic heterocycles. The number of carboxylic acids is 1. The number of benzene rings is 1. The molecule has 0 saturated carbocycles. The normalized spacial score (nSPS) is 28.1. The molecule has 3 atom stereocenters. The van der Waals surface area contributed by atoms with Gasteiger partial charge in [0, 0.05) is 33.3 Å². The van der Waals surface area contributed by atoms with Crippen molar-refractivity contribution in [2.24, 2.45) is 0 Å². The minimum absolute atomic E-state index is 0.178. The van der Waals surface area contributed by atoms with E-state index in [1.54, 1.807) is 12.1 Å². The Kier molecular flexibility index (Phi) is 3.36. The summed E-state index contributed by atoms with van der Waals surface area (Å²) in [6.45, 7) is 2.08. The van der Waals surface area contributed by atoms with E-state index in [0.29, 0.717) is 15.7 Å². The second-order valence-corrected chi connectivity index (χ2v) is 7.08. The summed E-state index contributed by atoms with van der Waals surface area (Å²) in [6.07, 6.45) is 3.36. The van der Waals surface area contributed by atoms with Crippen LogP contribution in [0.15, 0.2) is 35.1 Å². The van der Waals surface area contributed by atoms with E-state index in [0.717, 1.165) is 29.7 Å². The number of ether oxygens (including phenoxy) is 1. The number of nitrogens with one attached hydrogen (secondary N) is 1. The first kappa shape index (κ1) is 14.9. The number of carbonyl (C=O) groups is 1. The average molecular weight is 352 g/mol. The molecule has 0 fully saturated rings. The maximum Gasteiger partial charge on any atom is 0.330 e. The number of hydrogen-bond donors (Lipinski definition) is 2. The quantitative estimate of drug-likeness (QED) is 0.789. The van der Waals surface area contributed by atoms with Gasteiger partial charge in [0.25, 0.3) is 0 Å². The second kappa shape index (κ2) is 5.18.